The maximum atomic E-state index is 14.4. The second-order valence-corrected chi connectivity index (χ2v) is 12.8. The number of hydrogen-bond acceptors (Lipinski definition) is 7. The molecule has 2 bridgehead atoms. The van der Waals surface area contributed by atoms with Gasteiger partial charge in [-0.3, -0.25) is 19.2 Å². The predicted molar refractivity (Wildman–Crippen MR) is 174 cm³/mol. The van der Waals surface area contributed by atoms with Gasteiger partial charge in [-0.1, -0.05) is 62.8 Å². The van der Waals surface area contributed by atoms with E-state index in [4.69, 9.17) is 9.47 Å². The van der Waals surface area contributed by atoms with E-state index < -0.39 is 53.7 Å². The lowest BCUT2D eigenvalue weighted by Crippen LogP contribution is -2.58. The second kappa shape index (κ2) is 15.4. The number of esters is 1. The smallest absolute Gasteiger partial charge is 0.313 e. The van der Waals surface area contributed by atoms with E-state index in [1.807, 2.05) is 51.1 Å². The minimum absolute atomic E-state index is 0.101. The molecule has 3 saturated heterocycles. The fourth-order valence-electron chi connectivity index (χ4n) is 7.54. The van der Waals surface area contributed by atoms with Crippen molar-refractivity contribution in [3.8, 4) is 0 Å². The molecule has 1 N–H and O–H groups in total. The Hall–Kier alpha value is -3.50. The van der Waals surface area contributed by atoms with Crippen molar-refractivity contribution in [1.29, 1.82) is 0 Å². The highest BCUT2D eigenvalue weighted by Crippen LogP contribution is 2.59. The zero-order chi connectivity index (χ0) is 33.6. The molecule has 10 nitrogen and oxygen atoms in total. The van der Waals surface area contributed by atoms with E-state index >= 15 is 0 Å². The molecule has 3 aliphatic rings. The summed E-state index contributed by atoms with van der Waals surface area (Å²) < 4.78 is 12.9. The van der Waals surface area contributed by atoms with Gasteiger partial charge in [0.15, 0.2) is 0 Å². The molecule has 0 radical (unpaired) electrons. The molecule has 0 unspecified atom stereocenters. The Morgan fingerprint density at radius 2 is 1.91 bits per heavy atom. The van der Waals surface area contributed by atoms with Gasteiger partial charge in [0.2, 0.25) is 17.7 Å². The number of unbranched alkanes of at least 4 members (excludes halogenated alkanes) is 1. The molecule has 252 valence electrons. The average molecular weight is 638 g/mol. The van der Waals surface area contributed by atoms with Gasteiger partial charge in [0.25, 0.3) is 0 Å². The fourth-order valence-corrected chi connectivity index (χ4v) is 7.54. The van der Waals surface area contributed by atoms with Crippen LogP contribution in [0.2, 0.25) is 0 Å². The van der Waals surface area contributed by atoms with Crippen LogP contribution in [0, 0.1) is 11.8 Å². The molecule has 0 saturated carbocycles. The maximum absolute atomic E-state index is 14.4. The van der Waals surface area contributed by atoms with Crippen LogP contribution in [0.1, 0.15) is 77.4 Å². The molecule has 46 heavy (non-hydrogen) atoms. The number of likely N-dealkylation sites (N-methyl/N-ethyl adjacent to an activating group) is 1. The molecule has 3 heterocycles. The van der Waals surface area contributed by atoms with Crippen molar-refractivity contribution in [2.75, 3.05) is 26.7 Å². The summed E-state index contributed by atoms with van der Waals surface area (Å²) in [4.78, 5) is 60.8. The number of carbonyl (C=O) groups is 4. The lowest BCUT2D eigenvalue weighted by atomic mass is 9.70. The molecule has 3 fully saturated rings. The van der Waals surface area contributed by atoms with Crippen LogP contribution in [0.15, 0.2) is 55.6 Å². The highest BCUT2D eigenvalue weighted by molar-refractivity contribution is 5.98. The van der Waals surface area contributed by atoms with Gasteiger partial charge < -0.3 is 29.3 Å². The molecule has 0 aliphatic carbocycles. The number of ether oxygens (including phenoxy) is 2. The number of aliphatic hydroxyl groups is 1. The van der Waals surface area contributed by atoms with Crippen LogP contribution in [0.25, 0.3) is 0 Å². The van der Waals surface area contributed by atoms with Gasteiger partial charge in [-0.2, -0.15) is 0 Å². The standard InChI is InChI=1S/C36H51N3O7/c1-7-11-18-28(41)37(6)24(5)31(25-16-14-13-15-17-25)45-35(44)29-27-19-20-36(46-27)30(29)33(42)39(26(10-4)23-40)32(36)34(43)38(21-9-3)22-12-8-2/h7,9,13-17,24,26-27,29-32,40H,1,3,8,10-12,18-23H2,2,4-6H3/t24-,26+,27-,29+,30+,31+,32-,36+/m1/s1. The number of hydrogen-bond donors (Lipinski definition) is 1. The SMILES string of the molecule is C=CCCC(=O)N(C)[C@H](C)[C@H](OC(=O)[C@@H]1[C@H]2C(=O)N([C@@H](CC)CO)[C@H](C(=O)N(CC=C)CCCC)[C@]23CC[C@H]1O3)c1ccccc1. The molecule has 0 aromatic heterocycles. The lowest BCUT2D eigenvalue weighted by Gasteiger charge is -2.39. The van der Waals surface area contributed by atoms with Gasteiger partial charge in [0.1, 0.15) is 17.7 Å². The van der Waals surface area contributed by atoms with E-state index in [9.17, 15) is 24.3 Å². The Morgan fingerprint density at radius 1 is 1.20 bits per heavy atom. The summed E-state index contributed by atoms with van der Waals surface area (Å²) in [5.74, 6) is -3.15. The summed E-state index contributed by atoms with van der Waals surface area (Å²) in [5, 5.41) is 10.3. The topological polar surface area (TPSA) is 117 Å². The van der Waals surface area contributed by atoms with E-state index in [0.717, 1.165) is 18.4 Å². The van der Waals surface area contributed by atoms with E-state index in [2.05, 4.69) is 13.2 Å². The molecule has 1 aromatic carbocycles. The number of nitrogens with zero attached hydrogens (tertiary/aromatic N) is 3. The minimum Gasteiger partial charge on any atom is -0.455 e. The van der Waals surface area contributed by atoms with Crippen LogP contribution < -0.4 is 0 Å². The Kier molecular flexibility index (Phi) is 11.8. The molecule has 4 rings (SSSR count). The Labute approximate surface area is 273 Å². The summed E-state index contributed by atoms with van der Waals surface area (Å²) in [6, 6.07) is 7.17. The van der Waals surface area contributed by atoms with Crippen LogP contribution in [-0.2, 0) is 28.7 Å². The van der Waals surface area contributed by atoms with Gasteiger partial charge in [0.05, 0.1) is 36.6 Å². The summed E-state index contributed by atoms with van der Waals surface area (Å²) in [6.07, 6.45) is 5.84. The predicted octanol–water partition coefficient (Wildman–Crippen LogP) is 4.04. The largest absolute Gasteiger partial charge is 0.455 e. The Morgan fingerprint density at radius 3 is 2.52 bits per heavy atom. The number of carbonyl (C=O) groups excluding carboxylic acids is 4. The molecule has 3 amide bonds. The lowest BCUT2D eigenvalue weighted by molar-refractivity contribution is -0.165. The van der Waals surface area contributed by atoms with Gasteiger partial charge >= 0.3 is 5.97 Å². The second-order valence-electron chi connectivity index (χ2n) is 12.8. The normalized spacial score (nSPS) is 26.6. The zero-order valence-electron chi connectivity index (χ0n) is 27.8. The number of aliphatic hydroxyl groups excluding tert-OH is 1. The molecule has 3 aliphatic heterocycles. The van der Waals surface area contributed by atoms with Crippen LogP contribution in [-0.4, -0.2) is 100 Å². The first-order chi connectivity index (χ1) is 22.1. The Balaban J connectivity index is 1.69. The monoisotopic (exact) mass is 637 g/mol. The van der Waals surface area contributed by atoms with Crippen molar-refractivity contribution in [3.05, 3.63) is 61.2 Å². The summed E-state index contributed by atoms with van der Waals surface area (Å²) in [6.45, 7) is 13.8. The number of fused-ring (bicyclic) bond motifs is 1. The van der Waals surface area contributed by atoms with Gasteiger partial charge in [-0.15, -0.1) is 13.2 Å². The fraction of sp³-hybridized carbons (Fsp3) is 0.611. The van der Waals surface area contributed by atoms with Crippen LogP contribution in [0.5, 0.6) is 0 Å². The first-order valence-electron chi connectivity index (χ1n) is 16.7. The van der Waals surface area contributed by atoms with Gasteiger partial charge in [0, 0.05) is 26.6 Å². The summed E-state index contributed by atoms with van der Waals surface area (Å²) in [7, 11) is 1.69. The maximum Gasteiger partial charge on any atom is 0.313 e. The van der Waals surface area contributed by atoms with Crippen molar-refractivity contribution in [3.63, 3.8) is 0 Å². The quantitative estimate of drug-likeness (QED) is 0.202. The summed E-state index contributed by atoms with van der Waals surface area (Å²) in [5.41, 5.74) is -0.484. The van der Waals surface area contributed by atoms with E-state index in [1.165, 1.54) is 4.90 Å². The Bertz CT molecular complexity index is 1270. The van der Waals surface area contributed by atoms with Crippen molar-refractivity contribution in [2.24, 2.45) is 11.8 Å². The van der Waals surface area contributed by atoms with E-state index in [1.54, 1.807) is 29.0 Å². The third-order valence-electron chi connectivity index (χ3n) is 10.1. The van der Waals surface area contributed by atoms with Gasteiger partial charge in [-0.25, -0.2) is 0 Å². The summed E-state index contributed by atoms with van der Waals surface area (Å²) >= 11 is 0. The number of benzene rings is 1. The van der Waals surface area contributed by atoms with Crippen LogP contribution in [0.4, 0.5) is 0 Å². The number of allylic oxidation sites excluding steroid dienone is 1. The highest BCUT2D eigenvalue weighted by atomic mass is 16.6. The van der Waals surface area contributed by atoms with Crippen molar-refractivity contribution >= 4 is 23.7 Å². The van der Waals surface area contributed by atoms with Crippen LogP contribution >= 0.6 is 0 Å². The van der Waals surface area contributed by atoms with Crippen molar-refractivity contribution in [2.45, 2.75) is 102 Å². The van der Waals surface area contributed by atoms with Crippen molar-refractivity contribution < 1.29 is 33.8 Å². The molecule has 8 atom stereocenters. The molecular formula is C36H51N3O7. The van der Waals surface area contributed by atoms with E-state index in [-0.39, 0.29) is 30.7 Å². The average Bonchev–Trinajstić information content (AvgIpc) is 3.72. The first-order valence-corrected chi connectivity index (χ1v) is 16.7. The first kappa shape index (κ1) is 35.4. The van der Waals surface area contributed by atoms with E-state index in [0.29, 0.717) is 38.8 Å². The molecule has 1 aromatic rings. The highest BCUT2D eigenvalue weighted by Gasteiger charge is 2.75. The van der Waals surface area contributed by atoms with Crippen LogP contribution in [0.3, 0.4) is 0 Å². The molecule has 1 spiro atoms. The third-order valence-corrected chi connectivity index (χ3v) is 10.1. The number of rotatable bonds is 17. The number of likely N-dealkylation sites (tertiary alicyclic amines) is 1. The zero-order valence-corrected chi connectivity index (χ0v) is 27.8. The minimum atomic E-state index is -1.21. The third kappa shape index (κ3) is 6.51. The molecule has 10 heteroatoms. The molecular weight excluding hydrogens is 586 g/mol. The van der Waals surface area contributed by atoms with Gasteiger partial charge in [-0.05, 0) is 44.6 Å². The number of amides is 3. The van der Waals surface area contributed by atoms with Crippen molar-refractivity contribution in [1.82, 2.24) is 14.7 Å².